The number of aryl methyl sites for hydroxylation is 1. The summed E-state index contributed by atoms with van der Waals surface area (Å²) in [7, 11) is 0. The normalized spacial score (nSPS) is 11.1. The first-order valence-electron chi connectivity index (χ1n) is 10.8. The monoisotopic (exact) mass is 465 g/mol. The predicted molar refractivity (Wildman–Crippen MR) is 126 cm³/mol. The summed E-state index contributed by atoms with van der Waals surface area (Å²) in [4.78, 5) is 46.9. The van der Waals surface area contributed by atoms with Crippen LogP contribution in [-0.2, 0) is 13.1 Å². The van der Waals surface area contributed by atoms with Crippen molar-refractivity contribution in [3.8, 4) is 0 Å². The topological polar surface area (TPSA) is 127 Å². The van der Waals surface area contributed by atoms with Gasteiger partial charge in [-0.25, -0.2) is 9.18 Å². The van der Waals surface area contributed by atoms with E-state index >= 15 is 0 Å². The number of nitrogen functional groups attached to an aromatic ring is 1. The van der Waals surface area contributed by atoms with E-state index < -0.39 is 23.0 Å². The fourth-order valence-corrected chi connectivity index (χ4v) is 3.79. The Kier molecular flexibility index (Phi) is 6.31. The van der Waals surface area contributed by atoms with Crippen LogP contribution in [0.1, 0.15) is 41.6 Å². The zero-order valence-corrected chi connectivity index (χ0v) is 18.8. The zero-order chi connectivity index (χ0) is 24.4. The number of aromatic amines is 1. The van der Waals surface area contributed by atoms with Crippen LogP contribution in [0.3, 0.4) is 0 Å². The van der Waals surface area contributed by atoms with Gasteiger partial charge in [0.25, 0.3) is 11.5 Å². The van der Waals surface area contributed by atoms with E-state index in [1.54, 1.807) is 25.1 Å². The van der Waals surface area contributed by atoms with E-state index in [0.717, 1.165) is 6.42 Å². The number of unbranched alkanes of at least 4 members (excludes halogenated alkanes) is 1. The molecule has 0 saturated heterocycles. The van der Waals surface area contributed by atoms with Gasteiger partial charge in [-0.2, -0.15) is 0 Å². The summed E-state index contributed by atoms with van der Waals surface area (Å²) in [6.45, 7) is 3.77. The summed E-state index contributed by atoms with van der Waals surface area (Å²) in [6, 6.07) is 8.99. The van der Waals surface area contributed by atoms with Crippen LogP contribution in [0.2, 0.25) is 0 Å². The largest absolute Gasteiger partial charge is 0.467 e. The molecule has 0 saturated carbocycles. The molecule has 1 aromatic carbocycles. The second-order valence-corrected chi connectivity index (χ2v) is 7.93. The van der Waals surface area contributed by atoms with Crippen LogP contribution in [0.5, 0.6) is 0 Å². The number of nitrogens with two attached hydrogens (primary N) is 1. The maximum atomic E-state index is 13.8. The highest BCUT2D eigenvalue weighted by Gasteiger charge is 2.28. The van der Waals surface area contributed by atoms with Crippen LogP contribution < -0.4 is 21.9 Å². The number of halogens is 1. The van der Waals surface area contributed by atoms with Gasteiger partial charge < -0.3 is 10.2 Å². The smallest absolute Gasteiger partial charge is 0.330 e. The second kappa shape index (κ2) is 9.34. The lowest BCUT2D eigenvalue weighted by Gasteiger charge is -2.24. The Morgan fingerprint density at radius 2 is 2.06 bits per heavy atom. The van der Waals surface area contributed by atoms with Crippen molar-refractivity contribution in [1.82, 2.24) is 14.5 Å². The number of carbonyl (C=O) groups excluding carboxylic acids is 1. The SMILES string of the molecule is CCCCn1c(N)c(N(Cc2ccco2)C(=O)c2cc3ccc(F)cc3nc2C)c(=O)[nH]c1=O. The molecule has 0 spiro atoms. The highest BCUT2D eigenvalue weighted by Crippen LogP contribution is 2.25. The standard InChI is InChI=1S/C24H24FN5O4/c1-3-4-9-29-21(26)20(22(31)28-24(29)33)30(13-17-6-5-10-34-17)23(32)18-11-15-7-8-16(25)12-19(15)27-14(18)2/h5-8,10-12H,3-4,9,13,26H2,1-2H3,(H,28,31,33). The van der Waals surface area contributed by atoms with Gasteiger partial charge in [0.05, 0.1) is 29.6 Å². The number of H-pyrrole nitrogens is 1. The molecule has 4 rings (SSSR count). The average molecular weight is 465 g/mol. The van der Waals surface area contributed by atoms with Crippen LogP contribution in [0.15, 0.2) is 56.7 Å². The first-order valence-corrected chi connectivity index (χ1v) is 10.8. The number of hydrogen-bond acceptors (Lipinski definition) is 6. The van der Waals surface area contributed by atoms with Crippen LogP contribution in [0.4, 0.5) is 15.9 Å². The minimum Gasteiger partial charge on any atom is -0.467 e. The second-order valence-electron chi connectivity index (χ2n) is 7.93. The summed E-state index contributed by atoms with van der Waals surface area (Å²) in [5, 5.41) is 0.558. The highest BCUT2D eigenvalue weighted by molar-refractivity contribution is 6.09. The molecule has 9 nitrogen and oxygen atoms in total. The van der Waals surface area contributed by atoms with Gasteiger partial charge in [0.2, 0.25) is 0 Å². The predicted octanol–water partition coefficient (Wildman–Crippen LogP) is 3.35. The highest BCUT2D eigenvalue weighted by atomic mass is 19.1. The Labute approximate surface area is 193 Å². The first-order chi connectivity index (χ1) is 16.3. The minimum atomic E-state index is -0.788. The molecule has 0 radical (unpaired) electrons. The molecule has 3 aromatic heterocycles. The molecule has 0 fully saturated rings. The third kappa shape index (κ3) is 4.34. The van der Waals surface area contributed by atoms with Gasteiger partial charge in [-0.15, -0.1) is 0 Å². The van der Waals surface area contributed by atoms with Crippen molar-refractivity contribution in [3.63, 3.8) is 0 Å². The molecule has 0 aliphatic carbocycles. The molecule has 0 atom stereocenters. The molecule has 3 N–H and O–H groups in total. The maximum Gasteiger partial charge on any atom is 0.330 e. The Morgan fingerprint density at radius 3 is 2.76 bits per heavy atom. The van der Waals surface area contributed by atoms with Gasteiger partial charge in [0.1, 0.15) is 17.4 Å². The number of nitrogens with zero attached hydrogens (tertiary/aromatic N) is 3. The summed E-state index contributed by atoms with van der Waals surface area (Å²) in [5.41, 5.74) is 5.64. The Balaban J connectivity index is 1.88. The summed E-state index contributed by atoms with van der Waals surface area (Å²) in [5.74, 6) is -0.709. The molecule has 176 valence electrons. The van der Waals surface area contributed by atoms with Gasteiger partial charge in [-0.1, -0.05) is 13.3 Å². The third-order valence-electron chi connectivity index (χ3n) is 5.56. The van der Waals surface area contributed by atoms with Crippen molar-refractivity contribution in [1.29, 1.82) is 0 Å². The lowest BCUT2D eigenvalue weighted by atomic mass is 10.1. The number of aromatic nitrogens is 3. The fraction of sp³-hybridized carbons (Fsp3) is 0.250. The van der Waals surface area contributed by atoms with E-state index in [9.17, 15) is 18.8 Å². The Bertz CT molecular complexity index is 1470. The molecule has 0 aliphatic heterocycles. The number of anilines is 2. The van der Waals surface area contributed by atoms with Crippen LogP contribution in [0.25, 0.3) is 10.9 Å². The number of fused-ring (bicyclic) bond motifs is 1. The molecular formula is C24H24FN5O4. The number of furan rings is 1. The van der Waals surface area contributed by atoms with Crippen molar-refractivity contribution in [3.05, 3.63) is 86.3 Å². The molecule has 0 bridgehead atoms. The van der Waals surface area contributed by atoms with Gasteiger partial charge >= 0.3 is 5.69 Å². The number of benzene rings is 1. The van der Waals surface area contributed by atoms with Gasteiger partial charge in [-0.3, -0.25) is 29.0 Å². The van der Waals surface area contributed by atoms with Crippen molar-refractivity contribution >= 4 is 28.3 Å². The molecular weight excluding hydrogens is 441 g/mol. The zero-order valence-electron chi connectivity index (χ0n) is 18.8. The molecule has 0 unspecified atom stereocenters. The van der Waals surface area contributed by atoms with E-state index in [0.29, 0.717) is 28.8 Å². The number of carbonyl (C=O) groups is 1. The van der Waals surface area contributed by atoms with Crippen LogP contribution >= 0.6 is 0 Å². The lowest BCUT2D eigenvalue weighted by Crippen LogP contribution is -2.41. The third-order valence-corrected chi connectivity index (χ3v) is 5.56. The number of rotatable bonds is 7. The number of amides is 1. The van der Waals surface area contributed by atoms with Gasteiger partial charge in [-0.05, 0) is 43.7 Å². The van der Waals surface area contributed by atoms with Crippen molar-refractivity contribution in [2.45, 2.75) is 39.8 Å². The van der Waals surface area contributed by atoms with Gasteiger partial charge in [0.15, 0.2) is 5.69 Å². The summed E-state index contributed by atoms with van der Waals surface area (Å²) < 4.78 is 20.3. The van der Waals surface area contributed by atoms with Crippen molar-refractivity contribution in [2.75, 3.05) is 10.6 Å². The number of pyridine rings is 1. The Hall–Kier alpha value is -4.21. The Morgan fingerprint density at radius 1 is 1.26 bits per heavy atom. The van der Waals surface area contributed by atoms with Crippen molar-refractivity contribution < 1.29 is 13.6 Å². The van der Waals surface area contributed by atoms with E-state index in [4.69, 9.17) is 10.2 Å². The first kappa shape index (κ1) is 23.0. The molecule has 3 heterocycles. The molecule has 34 heavy (non-hydrogen) atoms. The van der Waals surface area contributed by atoms with Gasteiger partial charge in [0, 0.05) is 18.0 Å². The fourth-order valence-electron chi connectivity index (χ4n) is 3.79. The molecule has 0 aliphatic rings. The summed E-state index contributed by atoms with van der Waals surface area (Å²) in [6.07, 6.45) is 2.91. The maximum absolute atomic E-state index is 13.8. The summed E-state index contributed by atoms with van der Waals surface area (Å²) >= 11 is 0. The van der Waals surface area contributed by atoms with E-state index in [1.807, 2.05) is 6.92 Å². The molecule has 1 amide bonds. The van der Waals surface area contributed by atoms with Crippen molar-refractivity contribution in [2.24, 2.45) is 0 Å². The van der Waals surface area contributed by atoms with E-state index in [-0.39, 0.29) is 30.2 Å². The lowest BCUT2D eigenvalue weighted by molar-refractivity contribution is 0.0982. The number of nitrogens with one attached hydrogen (secondary N) is 1. The van der Waals surface area contributed by atoms with E-state index in [2.05, 4.69) is 9.97 Å². The minimum absolute atomic E-state index is 0.105. The molecule has 4 aromatic rings. The van der Waals surface area contributed by atoms with Crippen LogP contribution in [0, 0.1) is 12.7 Å². The quantitative estimate of drug-likeness (QED) is 0.431. The average Bonchev–Trinajstić information content (AvgIpc) is 3.30. The molecule has 10 heteroatoms. The van der Waals surface area contributed by atoms with E-state index in [1.165, 1.54) is 33.9 Å². The number of hydrogen-bond donors (Lipinski definition) is 2. The van der Waals surface area contributed by atoms with Crippen LogP contribution in [-0.4, -0.2) is 20.4 Å².